The number of hydrogen-bond acceptors (Lipinski definition) is 5. The molecule has 0 unspecified atom stereocenters. The van der Waals surface area contributed by atoms with Gasteiger partial charge in [-0.3, -0.25) is 0 Å². The van der Waals surface area contributed by atoms with Crippen molar-refractivity contribution in [2.45, 2.75) is 11.3 Å². The molecule has 6 nitrogen and oxygen atoms in total. The Hall–Kier alpha value is -3.84. The number of ether oxygens (including phenoxy) is 2. The summed E-state index contributed by atoms with van der Waals surface area (Å²) in [5.41, 5.74) is 2.57. The predicted octanol–water partition coefficient (Wildman–Crippen LogP) is 4.66. The van der Waals surface area contributed by atoms with Gasteiger partial charge in [-0.2, -0.15) is 0 Å². The third-order valence-corrected chi connectivity index (χ3v) is 7.12. The van der Waals surface area contributed by atoms with E-state index in [0.717, 1.165) is 5.56 Å². The Bertz CT molecular complexity index is 1420. The summed E-state index contributed by atoms with van der Waals surface area (Å²) < 4.78 is 39.2. The molecule has 0 spiro atoms. The first-order valence-corrected chi connectivity index (χ1v) is 11.7. The zero-order valence-corrected chi connectivity index (χ0v) is 19.1. The minimum atomic E-state index is -3.93. The molecule has 7 heteroatoms. The lowest BCUT2D eigenvalue weighted by atomic mass is 10.0. The largest absolute Gasteiger partial charge is 0.497 e. The van der Waals surface area contributed by atoms with E-state index in [9.17, 15) is 13.2 Å². The number of nitrogens with zero attached hydrogens (tertiary/aromatic N) is 1. The fourth-order valence-corrected chi connectivity index (χ4v) is 5.36. The van der Waals surface area contributed by atoms with Gasteiger partial charge in [0.1, 0.15) is 5.75 Å². The second-order valence-electron chi connectivity index (χ2n) is 7.34. The van der Waals surface area contributed by atoms with E-state index in [1.54, 1.807) is 61.7 Å². The number of benzene rings is 3. The van der Waals surface area contributed by atoms with Gasteiger partial charge in [-0.15, -0.1) is 0 Å². The van der Waals surface area contributed by atoms with Crippen LogP contribution >= 0.6 is 0 Å². The van der Waals surface area contributed by atoms with Gasteiger partial charge in [-0.05, 0) is 42.0 Å². The maximum atomic E-state index is 13.8. The van der Waals surface area contributed by atoms with E-state index >= 15 is 0 Å². The van der Waals surface area contributed by atoms with E-state index in [2.05, 4.69) is 0 Å². The highest BCUT2D eigenvalue weighted by molar-refractivity contribution is 7.90. The summed E-state index contributed by atoms with van der Waals surface area (Å²) in [5.74, 6) is 0.0473. The van der Waals surface area contributed by atoms with Crippen molar-refractivity contribution in [2.75, 3.05) is 14.2 Å². The average Bonchev–Trinajstić information content (AvgIpc) is 3.16. The van der Waals surface area contributed by atoms with Crippen molar-refractivity contribution < 1.29 is 22.7 Å². The van der Waals surface area contributed by atoms with Crippen LogP contribution in [0, 0.1) is 0 Å². The Morgan fingerprint density at radius 3 is 2.24 bits per heavy atom. The van der Waals surface area contributed by atoms with Gasteiger partial charge in [0.05, 0.1) is 24.6 Å². The van der Waals surface area contributed by atoms with E-state index < -0.39 is 16.0 Å². The molecule has 3 aromatic carbocycles. The molecule has 4 rings (SSSR count). The minimum Gasteiger partial charge on any atom is -0.497 e. The molecule has 0 radical (unpaired) electrons. The summed E-state index contributed by atoms with van der Waals surface area (Å²) in [6, 6.07) is 23.1. The van der Waals surface area contributed by atoms with Crippen LogP contribution in [0.15, 0.2) is 89.8 Å². The fraction of sp³-hybridized carbons (Fsp3) is 0.115. The Balaban J connectivity index is 2.07. The van der Waals surface area contributed by atoms with E-state index in [0.29, 0.717) is 34.3 Å². The second kappa shape index (κ2) is 9.34. The zero-order chi connectivity index (χ0) is 23.4. The molecule has 0 aliphatic rings. The predicted molar refractivity (Wildman–Crippen MR) is 128 cm³/mol. The first-order chi connectivity index (χ1) is 16.0. The smallest absolute Gasteiger partial charge is 0.330 e. The lowest BCUT2D eigenvalue weighted by Gasteiger charge is -2.13. The molecule has 0 aliphatic heterocycles. The molecule has 0 atom stereocenters. The molecule has 1 heterocycles. The third kappa shape index (κ3) is 4.40. The van der Waals surface area contributed by atoms with Crippen molar-refractivity contribution in [1.29, 1.82) is 0 Å². The highest BCUT2D eigenvalue weighted by Crippen LogP contribution is 2.35. The van der Waals surface area contributed by atoms with Crippen LogP contribution in [0.4, 0.5) is 0 Å². The Kier molecular flexibility index (Phi) is 6.33. The molecule has 0 amide bonds. The van der Waals surface area contributed by atoms with E-state index in [4.69, 9.17) is 9.47 Å². The zero-order valence-electron chi connectivity index (χ0n) is 18.3. The van der Waals surface area contributed by atoms with Crippen LogP contribution in [0.25, 0.3) is 17.0 Å². The third-order valence-electron chi connectivity index (χ3n) is 5.35. The van der Waals surface area contributed by atoms with Gasteiger partial charge in [-0.1, -0.05) is 48.5 Å². The number of carbonyl (C=O) groups is 1. The normalized spacial score (nSPS) is 11.7. The van der Waals surface area contributed by atoms with E-state index in [1.165, 1.54) is 17.2 Å². The van der Waals surface area contributed by atoms with Crippen LogP contribution in [0.5, 0.6) is 5.75 Å². The summed E-state index contributed by atoms with van der Waals surface area (Å²) in [5, 5.41) is 0.653. The number of hydrogen-bond donors (Lipinski definition) is 0. The Morgan fingerprint density at radius 2 is 1.61 bits per heavy atom. The van der Waals surface area contributed by atoms with Crippen LogP contribution in [0.1, 0.15) is 16.8 Å². The number of carbonyl (C=O) groups excluding carboxylic acids is 1. The standard InChI is InChI=1S/C26H23NO5S/c1-31-20-13-15-24-23(18-20)22(14-16-26(28)32-2)25(17-19-9-5-3-6-10-19)27(24)33(29,30)21-11-7-4-8-12-21/h3-16,18H,17H2,1-2H3/b16-14+. The van der Waals surface area contributed by atoms with Crippen LogP contribution < -0.4 is 4.74 Å². The highest BCUT2D eigenvalue weighted by Gasteiger charge is 2.26. The SMILES string of the molecule is COC(=O)/C=C/c1c(Cc2ccccc2)n(S(=O)(=O)c2ccccc2)c2ccc(OC)cc12. The summed E-state index contributed by atoms with van der Waals surface area (Å²) in [6.07, 6.45) is 3.23. The lowest BCUT2D eigenvalue weighted by Crippen LogP contribution is -2.16. The van der Waals surface area contributed by atoms with Crippen LogP contribution in [-0.2, 0) is 26.0 Å². The minimum absolute atomic E-state index is 0.176. The van der Waals surface area contributed by atoms with Crippen LogP contribution in [-0.4, -0.2) is 32.6 Å². The van der Waals surface area contributed by atoms with E-state index in [1.807, 2.05) is 30.3 Å². The molecular weight excluding hydrogens is 438 g/mol. The van der Waals surface area contributed by atoms with Gasteiger partial charge in [0.15, 0.2) is 0 Å². The van der Waals surface area contributed by atoms with Gasteiger partial charge in [-0.25, -0.2) is 17.2 Å². The van der Waals surface area contributed by atoms with Crippen LogP contribution in [0.3, 0.4) is 0 Å². The van der Waals surface area contributed by atoms with Crippen molar-refractivity contribution in [3.05, 3.63) is 102 Å². The Morgan fingerprint density at radius 1 is 0.939 bits per heavy atom. The highest BCUT2D eigenvalue weighted by atomic mass is 32.2. The van der Waals surface area contributed by atoms with Crippen molar-refractivity contribution >= 4 is 33.0 Å². The molecule has 0 fully saturated rings. The molecule has 33 heavy (non-hydrogen) atoms. The second-order valence-corrected chi connectivity index (χ2v) is 9.13. The van der Waals surface area contributed by atoms with Crippen molar-refractivity contribution in [2.24, 2.45) is 0 Å². The van der Waals surface area contributed by atoms with Crippen molar-refractivity contribution in [3.8, 4) is 5.75 Å². The number of esters is 1. The topological polar surface area (TPSA) is 74.6 Å². The molecule has 168 valence electrons. The molecule has 0 N–H and O–H groups in total. The van der Waals surface area contributed by atoms with Gasteiger partial charge in [0.25, 0.3) is 10.0 Å². The van der Waals surface area contributed by atoms with Gasteiger partial charge in [0, 0.05) is 29.1 Å². The maximum Gasteiger partial charge on any atom is 0.330 e. The summed E-state index contributed by atoms with van der Waals surface area (Å²) in [6.45, 7) is 0. The molecule has 0 bridgehead atoms. The van der Waals surface area contributed by atoms with Crippen molar-refractivity contribution in [1.82, 2.24) is 3.97 Å². The molecule has 0 saturated carbocycles. The number of fused-ring (bicyclic) bond motifs is 1. The number of aromatic nitrogens is 1. The molecule has 0 aliphatic carbocycles. The summed E-state index contributed by atoms with van der Waals surface area (Å²) in [7, 11) is -1.09. The summed E-state index contributed by atoms with van der Waals surface area (Å²) >= 11 is 0. The number of methoxy groups -OCH3 is 2. The maximum absolute atomic E-state index is 13.8. The van der Waals surface area contributed by atoms with Gasteiger partial charge >= 0.3 is 5.97 Å². The van der Waals surface area contributed by atoms with E-state index in [-0.39, 0.29) is 4.90 Å². The first kappa shape index (κ1) is 22.4. The molecule has 1 aromatic heterocycles. The average molecular weight is 462 g/mol. The fourth-order valence-electron chi connectivity index (χ4n) is 3.78. The molecule has 0 saturated heterocycles. The van der Waals surface area contributed by atoms with Crippen LogP contribution in [0.2, 0.25) is 0 Å². The number of rotatable bonds is 7. The summed E-state index contributed by atoms with van der Waals surface area (Å²) in [4.78, 5) is 12.1. The molecule has 4 aromatic rings. The molecular formula is C26H23NO5S. The van der Waals surface area contributed by atoms with Gasteiger partial charge < -0.3 is 9.47 Å². The first-order valence-electron chi connectivity index (χ1n) is 10.3. The lowest BCUT2D eigenvalue weighted by molar-refractivity contribution is -0.134. The quantitative estimate of drug-likeness (QED) is 0.296. The monoisotopic (exact) mass is 461 g/mol. The van der Waals surface area contributed by atoms with Gasteiger partial charge in [0.2, 0.25) is 0 Å². The van der Waals surface area contributed by atoms with Crippen molar-refractivity contribution in [3.63, 3.8) is 0 Å². The Labute approximate surface area is 192 Å².